The fourth-order valence-electron chi connectivity index (χ4n) is 2.90. The van der Waals surface area contributed by atoms with Gasteiger partial charge in [-0.05, 0) is 61.3 Å². The summed E-state index contributed by atoms with van der Waals surface area (Å²) in [5.74, 6) is -0.139. The molecule has 0 atom stereocenters. The van der Waals surface area contributed by atoms with Gasteiger partial charge in [0.05, 0.1) is 40.0 Å². The number of aromatic nitrogens is 4. The molecule has 0 aliphatic heterocycles. The molecule has 6 nitrogen and oxygen atoms in total. The summed E-state index contributed by atoms with van der Waals surface area (Å²) in [5, 5.41) is 11.7. The molecule has 0 saturated heterocycles. The molecular weight excluding hydrogens is 394 g/mol. The van der Waals surface area contributed by atoms with Gasteiger partial charge < -0.3 is 5.32 Å². The summed E-state index contributed by atoms with van der Waals surface area (Å²) in [5.41, 5.74) is 5.36. The minimum atomic E-state index is -0.139. The number of anilines is 1. The summed E-state index contributed by atoms with van der Waals surface area (Å²) >= 11 is 3.55. The summed E-state index contributed by atoms with van der Waals surface area (Å²) in [6.07, 6.45) is 1.69. The fraction of sp³-hybridized carbons (Fsp3) is 0.316. The van der Waals surface area contributed by atoms with Gasteiger partial charge in [0, 0.05) is 12.1 Å². The van der Waals surface area contributed by atoms with Gasteiger partial charge in [-0.15, -0.1) is 0 Å². The molecule has 0 radical (unpaired) electrons. The van der Waals surface area contributed by atoms with E-state index in [2.05, 4.69) is 31.4 Å². The predicted octanol–water partition coefficient (Wildman–Crippen LogP) is 4.09. The van der Waals surface area contributed by atoms with Crippen LogP contribution in [-0.2, 0) is 13.1 Å². The summed E-state index contributed by atoms with van der Waals surface area (Å²) < 4.78 is 4.81. The molecule has 7 heteroatoms. The highest BCUT2D eigenvalue weighted by Crippen LogP contribution is 2.21. The lowest BCUT2D eigenvalue weighted by atomic mass is 10.1. The third-order valence-corrected chi connectivity index (χ3v) is 5.61. The zero-order valence-corrected chi connectivity index (χ0v) is 17.0. The molecule has 136 valence electrons. The van der Waals surface area contributed by atoms with E-state index in [9.17, 15) is 4.79 Å². The van der Waals surface area contributed by atoms with Crippen molar-refractivity contribution >= 4 is 27.5 Å². The Morgan fingerprint density at radius 3 is 2.58 bits per heavy atom. The summed E-state index contributed by atoms with van der Waals surface area (Å²) in [7, 11) is 0. The number of benzene rings is 1. The van der Waals surface area contributed by atoms with E-state index in [1.165, 1.54) is 0 Å². The molecule has 3 aromatic rings. The Balaban J connectivity index is 1.79. The van der Waals surface area contributed by atoms with Crippen molar-refractivity contribution in [3.05, 3.63) is 63.1 Å². The highest BCUT2D eigenvalue weighted by molar-refractivity contribution is 9.10. The van der Waals surface area contributed by atoms with Gasteiger partial charge in [0.2, 0.25) is 0 Å². The molecule has 0 aliphatic rings. The number of amides is 1. The van der Waals surface area contributed by atoms with Crippen LogP contribution in [0.2, 0.25) is 0 Å². The molecule has 0 saturated carbocycles. The smallest absolute Gasteiger partial charge is 0.255 e. The maximum absolute atomic E-state index is 12.6. The average Bonchev–Trinajstić information content (AvgIpc) is 3.10. The van der Waals surface area contributed by atoms with Crippen molar-refractivity contribution in [2.45, 2.75) is 40.8 Å². The summed E-state index contributed by atoms with van der Waals surface area (Å²) in [6.45, 7) is 9.35. The molecule has 0 fully saturated rings. The standard InChI is InChI=1S/C19H22BrN5O/c1-5-24-13(3)17(10-21-24)22-19(26)16-8-6-7-15(9-16)11-25-14(4)18(20)12(2)23-25/h6-10H,5,11H2,1-4H3,(H,22,26). The second-order valence-electron chi connectivity index (χ2n) is 6.26. The van der Waals surface area contributed by atoms with E-state index in [0.717, 1.165) is 39.4 Å². The van der Waals surface area contributed by atoms with Crippen molar-refractivity contribution in [1.82, 2.24) is 19.6 Å². The number of hydrogen-bond acceptors (Lipinski definition) is 3. The minimum Gasteiger partial charge on any atom is -0.319 e. The number of carbonyl (C=O) groups excluding carboxylic acids is 1. The first-order valence-electron chi connectivity index (χ1n) is 8.53. The SMILES string of the molecule is CCn1ncc(NC(=O)c2cccc(Cn3nc(C)c(Br)c3C)c2)c1C. The van der Waals surface area contributed by atoms with Gasteiger partial charge in [-0.3, -0.25) is 14.2 Å². The van der Waals surface area contributed by atoms with E-state index in [-0.39, 0.29) is 5.91 Å². The van der Waals surface area contributed by atoms with Gasteiger partial charge in [0.1, 0.15) is 0 Å². The van der Waals surface area contributed by atoms with Crippen LogP contribution in [0.25, 0.3) is 0 Å². The van der Waals surface area contributed by atoms with Crippen molar-refractivity contribution in [1.29, 1.82) is 0 Å². The third kappa shape index (κ3) is 3.58. The van der Waals surface area contributed by atoms with E-state index in [0.29, 0.717) is 12.1 Å². The van der Waals surface area contributed by atoms with E-state index >= 15 is 0 Å². The normalized spacial score (nSPS) is 11.0. The first-order chi connectivity index (χ1) is 12.4. The van der Waals surface area contributed by atoms with Crippen LogP contribution in [0.5, 0.6) is 0 Å². The Labute approximate surface area is 161 Å². The van der Waals surface area contributed by atoms with Crippen LogP contribution in [-0.4, -0.2) is 25.5 Å². The largest absolute Gasteiger partial charge is 0.319 e. The van der Waals surface area contributed by atoms with Crippen LogP contribution in [0.1, 0.15) is 39.9 Å². The van der Waals surface area contributed by atoms with Crippen LogP contribution in [0.4, 0.5) is 5.69 Å². The molecule has 3 rings (SSSR count). The zero-order chi connectivity index (χ0) is 18.8. The maximum Gasteiger partial charge on any atom is 0.255 e. The van der Waals surface area contributed by atoms with Crippen LogP contribution >= 0.6 is 15.9 Å². The lowest BCUT2D eigenvalue weighted by molar-refractivity contribution is 0.102. The van der Waals surface area contributed by atoms with Crippen LogP contribution in [0.15, 0.2) is 34.9 Å². The predicted molar refractivity (Wildman–Crippen MR) is 106 cm³/mol. The molecule has 1 N–H and O–H groups in total. The van der Waals surface area contributed by atoms with Gasteiger partial charge in [0.25, 0.3) is 5.91 Å². The van der Waals surface area contributed by atoms with Gasteiger partial charge in [-0.1, -0.05) is 12.1 Å². The van der Waals surface area contributed by atoms with Crippen molar-refractivity contribution in [3.8, 4) is 0 Å². The Bertz CT molecular complexity index is 957. The molecule has 0 spiro atoms. The van der Waals surface area contributed by atoms with Crippen molar-refractivity contribution in [2.24, 2.45) is 0 Å². The number of nitrogens with one attached hydrogen (secondary N) is 1. The number of carbonyl (C=O) groups is 1. The average molecular weight is 416 g/mol. The van der Waals surface area contributed by atoms with Crippen LogP contribution < -0.4 is 5.32 Å². The number of aryl methyl sites for hydroxylation is 2. The Hall–Kier alpha value is -2.41. The monoisotopic (exact) mass is 415 g/mol. The quantitative estimate of drug-likeness (QED) is 0.682. The second kappa shape index (κ2) is 7.45. The van der Waals surface area contributed by atoms with Gasteiger partial charge in [-0.25, -0.2) is 0 Å². The Kier molecular flexibility index (Phi) is 5.27. The van der Waals surface area contributed by atoms with Crippen LogP contribution in [0, 0.1) is 20.8 Å². The van der Waals surface area contributed by atoms with Crippen molar-refractivity contribution < 1.29 is 4.79 Å². The zero-order valence-electron chi connectivity index (χ0n) is 15.4. The molecule has 2 aromatic heterocycles. The molecule has 0 aliphatic carbocycles. The highest BCUT2D eigenvalue weighted by atomic mass is 79.9. The number of nitrogens with zero attached hydrogens (tertiary/aromatic N) is 4. The van der Waals surface area contributed by atoms with E-state index < -0.39 is 0 Å². The summed E-state index contributed by atoms with van der Waals surface area (Å²) in [6, 6.07) is 7.61. The number of hydrogen-bond donors (Lipinski definition) is 1. The Morgan fingerprint density at radius 1 is 1.19 bits per heavy atom. The van der Waals surface area contributed by atoms with Gasteiger partial charge in [-0.2, -0.15) is 10.2 Å². The first-order valence-corrected chi connectivity index (χ1v) is 9.32. The lowest BCUT2D eigenvalue weighted by Gasteiger charge is -2.08. The van der Waals surface area contributed by atoms with E-state index in [4.69, 9.17) is 0 Å². The molecule has 0 bridgehead atoms. The molecule has 2 heterocycles. The Morgan fingerprint density at radius 2 is 1.96 bits per heavy atom. The molecule has 1 amide bonds. The van der Waals surface area contributed by atoms with Crippen LogP contribution in [0.3, 0.4) is 0 Å². The van der Waals surface area contributed by atoms with E-state index in [1.807, 2.05) is 61.3 Å². The second-order valence-corrected chi connectivity index (χ2v) is 7.05. The van der Waals surface area contributed by atoms with Gasteiger partial charge in [0.15, 0.2) is 0 Å². The molecule has 1 aromatic carbocycles. The fourth-order valence-corrected chi connectivity index (χ4v) is 3.18. The number of rotatable bonds is 5. The molecule has 26 heavy (non-hydrogen) atoms. The molecular formula is C19H22BrN5O. The highest BCUT2D eigenvalue weighted by Gasteiger charge is 2.13. The molecule has 0 unspecified atom stereocenters. The van der Waals surface area contributed by atoms with Crippen molar-refractivity contribution in [2.75, 3.05) is 5.32 Å². The number of halogens is 1. The van der Waals surface area contributed by atoms with E-state index in [1.54, 1.807) is 6.20 Å². The first kappa shape index (κ1) is 18.4. The third-order valence-electron chi connectivity index (χ3n) is 4.47. The maximum atomic E-state index is 12.6. The van der Waals surface area contributed by atoms with Gasteiger partial charge >= 0.3 is 0 Å². The minimum absolute atomic E-state index is 0.139. The topological polar surface area (TPSA) is 64.7 Å². The van der Waals surface area contributed by atoms with Crippen molar-refractivity contribution in [3.63, 3.8) is 0 Å². The summed E-state index contributed by atoms with van der Waals surface area (Å²) in [4.78, 5) is 12.6. The lowest BCUT2D eigenvalue weighted by Crippen LogP contribution is -2.13.